The van der Waals surface area contributed by atoms with E-state index in [2.05, 4.69) is 5.73 Å². The van der Waals surface area contributed by atoms with Crippen molar-refractivity contribution < 1.29 is 0 Å². The topological polar surface area (TPSA) is 26.0 Å². The van der Waals surface area contributed by atoms with E-state index in [1.165, 1.54) is 7.05 Å². The van der Waals surface area contributed by atoms with Gasteiger partial charge in [0, 0.05) is 0 Å². The molecule has 0 saturated carbocycles. The standard InChI is InChI=1S/3C2H6.CH5N/c4*1-2/h3*1-2H3;2H2,1H3. The molecule has 2 N–H and O–H groups in total. The lowest BCUT2D eigenvalue weighted by Gasteiger charge is -1.19. The predicted molar refractivity (Wildman–Crippen MR) is 44.2 cm³/mol. The van der Waals surface area contributed by atoms with Gasteiger partial charge in [-0.2, -0.15) is 0 Å². The minimum atomic E-state index is 1.50. The Morgan fingerprint density at radius 3 is 0.500 bits per heavy atom. The van der Waals surface area contributed by atoms with Crippen LogP contribution in [-0.2, 0) is 0 Å². The third-order valence-corrected chi connectivity index (χ3v) is 0. The molecule has 1 nitrogen and oxygen atoms in total. The first kappa shape index (κ1) is 24.6. The average molecular weight is 121 g/mol. The van der Waals surface area contributed by atoms with Gasteiger partial charge in [0.2, 0.25) is 0 Å². The molecule has 56 valence electrons. The summed E-state index contributed by atoms with van der Waals surface area (Å²) < 4.78 is 0. The summed E-state index contributed by atoms with van der Waals surface area (Å²) in [5, 5.41) is 0. The summed E-state index contributed by atoms with van der Waals surface area (Å²) >= 11 is 0. The van der Waals surface area contributed by atoms with Crippen molar-refractivity contribution in [2.24, 2.45) is 5.73 Å². The van der Waals surface area contributed by atoms with Gasteiger partial charge in [0.1, 0.15) is 0 Å². The van der Waals surface area contributed by atoms with Gasteiger partial charge >= 0.3 is 0 Å². The Bertz CT molecular complexity index is 4.35. The van der Waals surface area contributed by atoms with Crippen LogP contribution < -0.4 is 5.73 Å². The quantitative estimate of drug-likeness (QED) is 0.524. The Hall–Kier alpha value is -0.0400. The van der Waals surface area contributed by atoms with Crippen LogP contribution in [0.25, 0.3) is 0 Å². The lowest BCUT2D eigenvalue weighted by atomic mass is 11.0. The molecule has 0 unspecified atom stereocenters. The van der Waals surface area contributed by atoms with E-state index >= 15 is 0 Å². The molecule has 0 fully saturated rings. The zero-order valence-electron chi connectivity index (χ0n) is 7.58. The van der Waals surface area contributed by atoms with Crippen LogP contribution in [0.3, 0.4) is 0 Å². The van der Waals surface area contributed by atoms with Gasteiger partial charge in [0.25, 0.3) is 0 Å². The van der Waals surface area contributed by atoms with Crippen LogP contribution in [0.15, 0.2) is 0 Å². The monoisotopic (exact) mass is 121 g/mol. The van der Waals surface area contributed by atoms with Gasteiger partial charge in [-0.25, -0.2) is 0 Å². The molecule has 0 amide bonds. The van der Waals surface area contributed by atoms with Crippen molar-refractivity contribution in [2.75, 3.05) is 7.05 Å². The van der Waals surface area contributed by atoms with Crippen LogP contribution in [0.4, 0.5) is 0 Å². The Morgan fingerprint density at radius 1 is 0.500 bits per heavy atom. The van der Waals surface area contributed by atoms with Crippen molar-refractivity contribution in [3.63, 3.8) is 0 Å². The summed E-state index contributed by atoms with van der Waals surface area (Å²) in [6.45, 7) is 12.0. The van der Waals surface area contributed by atoms with Crippen LogP contribution in [-0.4, -0.2) is 7.05 Å². The minimum Gasteiger partial charge on any atom is -0.333 e. The molecule has 0 rings (SSSR count). The van der Waals surface area contributed by atoms with Gasteiger partial charge in [0.05, 0.1) is 0 Å². The fraction of sp³-hybridized carbons (Fsp3) is 1.00. The molecule has 0 spiro atoms. The first-order chi connectivity index (χ1) is 4.00. The maximum atomic E-state index is 4.50. The summed E-state index contributed by atoms with van der Waals surface area (Å²) in [7, 11) is 1.50. The van der Waals surface area contributed by atoms with E-state index in [9.17, 15) is 0 Å². The summed E-state index contributed by atoms with van der Waals surface area (Å²) in [6, 6.07) is 0. The van der Waals surface area contributed by atoms with Gasteiger partial charge < -0.3 is 5.73 Å². The molecule has 0 aromatic carbocycles. The van der Waals surface area contributed by atoms with Gasteiger partial charge in [-0.1, -0.05) is 41.5 Å². The molecule has 1 heteroatoms. The smallest absolute Gasteiger partial charge is 0.0195 e. The highest BCUT2D eigenvalue weighted by molar-refractivity contribution is 3.54. The van der Waals surface area contributed by atoms with E-state index in [-0.39, 0.29) is 0 Å². The van der Waals surface area contributed by atoms with E-state index in [1.807, 2.05) is 41.5 Å². The molecule has 0 saturated heterocycles. The Balaban J connectivity index is -0.0000000133. The molecular weight excluding hydrogens is 98.1 g/mol. The van der Waals surface area contributed by atoms with Gasteiger partial charge in [-0.15, -0.1) is 0 Å². The van der Waals surface area contributed by atoms with Crippen molar-refractivity contribution in [1.29, 1.82) is 0 Å². The van der Waals surface area contributed by atoms with E-state index in [0.29, 0.717) is 0 Å². The molecule has 0 aromatic heterocycles. The highest BCUT2D eigenvalue weighted by Crippen LogP contribution is 1.15. The molecule has 0 radical (unpaired) electrons. The van der Waals surface area contributed by atoms with Crippen molar-refractivity contribution in [3.05, 3.63) is 0 Å². The average Bonchev–Trinajstić information content (AvgIpc) is 2.03. The van der Waals surface area contributed by atoms with Crippen LogP contribution >= 0.6 is 0 Å². The largest absolute Gasteiger partial charge is 0.333 e. The highest BCUT2D eigenvalue weighted by atomic mass is 14.4. The lowest BCUT2D eigenvalue weighted by Crippen LogP contribution is -1.69. The van der Waals surface area contributed by atoms with Crippen molar-refractivity contribution in [3.8, 4) is 0 Å². The molecular formula is C7H23N. The summed E-state index contributed by atoms with van der Waals surface area (Å²) in [6.07, 6.45) is 0. The third-order valence-electron chi connectivity index (χ3n) is 0. The van der Waals surface area contributed by atoms with Gasteiger partial charge in [-0.05, 0) is 7.05 Å². The first-order valence-corrected chi connectivity index (χ1v) is 3.58. The lowest BCUT2D eigenvalue weighted by molar-refractivity contribution is 1.48. The molecule has 0 aromatic rings. The second kappa shape index (κ2) is 155000. The number of hydrogen-bond donors (Lipinski definition) is 1. The minimum absolute atomic E-state index is 1.50. The molecule has 0 heterocycles. The van der Waals surface area contributed by atoms with Gasteiger partial charge in [0.15, 0.2) is 0 Å². The van der Waals surface area contributed by atoms with Crippen LogP contribution in [0.5, 0.6) is 0 Å². The van der Waals surface area contributed by atoms with Gasteiger partial charge in [-0.3, -0.25) is 0 Å². The highest BCUT2D eigenvalue weighted by Gasteiger charge is 0.936. The molecule has 8 heavy (non-hydrogen) atoms. The van der Waals surface area contributed by atoms with Crippen molar-refractivity contribution in [2.45, 2.75) is 41.5 Å². The number of hydrogen-bond acceptors (Lipinski definition) is 1. The number of nitrogens with two attached hydrogens (primary N) is 1. The Kier molecular flexibility index (Phi) is 475000. The SMILES string of the molecule is CC.CC.CC.CN. The van der Waals surface area contributed by atoms with Crippen molar-refractivity contribution in [1.82, 2.24) is 0 Å². The normalized spacial score (nSPS) is 3.00. The molecule has 0 bridgehead atoms. The maximum absolute atomic E-state index is 4.50. The summed E-state index contributed by atoms with van der Waals surface area (Å²) in [5.41, 5.74) is 4.50. The van der Waals surface area contributed by atoms with E-state index < -0.39 is 0 Å². The van der Waals surface area contributed by atoms with Crippen LogP contribution in [0.1, 0.15) is 41.5 Å². The Labute approximate surface area is 55.3 Å². The Morgan fingerprint density at radius 2 is 0.500 bits per heavy atom. The van der Waals surface area contributed by atoms with Crippen LogP contribution in [0, 0.1) is 0 Å². The van der Waals surface area contributed by atoms with E-state index in [4.69, 9.17) is 0 Å². The second-order valence-corrected chi connectivity index (χ2v) is 0. The third kappa shape index (κ3) is 91600. The fourth-order valence-corrected chi connectivity index (χ4v) is 0. The predicted octanol–water partition coefficient (Wildman–Crippen LogP) is 2.65. The summed E-state index contributed by atoms with van der Waals surface area (Å²) in [5.74, 6) is 0. The molecule has 0 aliphatic carbocycles. The van der Waals surface area contributed by atoms with Crippen molar-refractivity contribution >= 4 is 0 Å². The van der Waals surface area contributed by atoms with E-state index in [0.717, 1.165) is 0 Å². The van der Waals surface area contributed by atoms with Crippen LogP contribution in [0.2, 0.25) is 0 Å². The summed E-state index contributed by atoms with van der Waals surface area (Å²) in [4.78, 5) is 0. The fourth-order valence-electron chi connectivity index (χ4n) is 0. The van der Waals surface area contributed by atoms with E-state index in [1.54, 1.807) is 0 Å². The molecule has 0 atom stereocenters. The molecule has 0 aliphatic heterocycles. The maximum Gasteiger partial charge on any atom is -0.0195 e. The zero-order chi connectivity index (χ0) is 8.00. The molecule has 0 aliphatic rings. The zero-order valence-corrected chi connectivity index (χ0v) is 7.58. The second-order valence-electron chi connectivity index (χ2n) is 0. The number of rotatable bonds is 0. The first-order valence-electron chi connectivity index (χ1n) is 3.58.